The second-order valence-electron chi connectivity index (χ2n) is 3.86. The van der Waals surface area contributed by atoms with Crippen LogP contribution in [0.2, 0.25) is 4.34 Å². The highest BCUT2D eigenvalue weighted by Crippen LogP contribution is 2.27. The van der Waals surface area contributed by atoms with Crippen molar-refractivity contribution in [2.75, 3.05) is 0 Å². The Bertz CT molecular complexity index is 498. The Balaban J connectivity index is 2.20. The van der Waals surface area contributed by atoms with Crippen LogP contribution >= 0.6 is 22.9 Å². The number of nitrogens with two attached hydrogens (primary N) is 1. The third-order valence-corrected chi connectivity index (χ3v) is 3.93. The lowest BCUT2D eigenvalue weighted by molar-refractivity contribution is 0.552. The zero-order chi connectivity index (χ0) is 12.3. The second kappa shape index (κ2) is 5.60. The van der Waals surface area contributed by atoms with Gasteiger partial charge in [-0.1, -0.05) is 11.6 Å². The van der Waals surface area contributed by atoms with Gasteiger partial charge < -0.3 is 0 Å². The second-order valence-corrected chi connectivity index (χ2v) is 5.66. The van der Waals surface area contributed by atoms with Crippen LogP contribution in [-0.4, -0.2) is 4.98 Å². The fourth-order valence-corrected chi connectivity index (χ4v) is 2.93. The van der Waals surface area contributed by atoms with E-state index in [1.807, 2.05) is 31.3 Å². The third-order valence-electron chi connectivity index (χ3n) is 2.67. The number of thiophene rings is 1. The minimum Gasteiger partial charge on any atom is -0.271 e. The summed E-state index contributed by atoms with van der Waals surface area (Å²) in [5.41, 5.74) is 5.16. The average Bonchev–Trinajstić information content (AvgIpc) is 2.73. The van der Waals surface area contributed by atoms with Gasteiger partial charge in [0.1, 0.15) is 0 Å². The standard InChI is InChI=1S/C12H14ClN3S/c1-8-7-15-5-4-10(8)11(16-14)6-9-2-3-12(13)17-9/h2-5,7,11,16H,6,14H2,1H3. The molecule has 2 aromatic heterocycles. The maximum atomic E-state index is 5.92. The minimum absolute atomic E-state index is 0.0905. The van der Waals surface area contributed by atoms with Crippen LogP contribution in [0.25, 0.3) is 0 Å². The summed E-state index contributed by atoms with van der Waals surface area (Å²) in [6.45, 7) is 2.04. The predicted molar refractivity (Wildman–Crippen MR) is 72.1 cm³/mol. The van der Waals surface area contributed by atoms with Crippen molar-refractivity contribution < 1.29 is 0 Å². The molecule has 0 aromatic carbocycles. The van der Waals surface area contributed by atoms with Gasteiger partial charge in [0.15, 0.2) is 0 Å². The number of aromatic nitrogens is 1. The Morgan fingerprint density at radius 3 is 2.88 bits per heavy atom. The van der Waals surface area contributed by atoms with Crippen LogP contribution < -0.4 is 11.3 Å². The van der Waals surface area contributed by atoms with Gasteiger partial charge >= 0.3 is 0 Å². The molecular formula is C12H14ClN3S. The number of nitrogens with one attached hydrogen (secondary N) is 1. The molecule has 0 saturated heterocycles. The predicted octanol–water partition coefficient (Wildman–Crippen LogP) is 2.85. The van der Waals surface area contributed by atoms with E-state index >= 15 is 0 Å². The van der Waals surface area contributed by atoms with Crippen molar-refractivity contribution in [3.8, 4) is 0 Å². The van der Waals surface area contributed by atoms with Crippen molar-refractivity contribution in [3.05, 3.63) is 50.9 Å². The molecule has 5 heteroatoms. The smallest absolute Gasteiger partial charge is 0.0931 e. The van der Waals surface area contributed by atoms with E-state index < -0.39 is 0 Å². The van der Waals surface area contributed by atoms with Crippen LogP contribution in [0, 0.1) is 6.92 Å². The lowest BCUT2D eigenvalue weighted by Crippen LogP contribution is -2.29. The Labute approximate surface area is 110 Å². The first-order valence-corrected chi connectivity index (χ1v) is 6.51. The van der Waals surface area contributed by atoms with Crippen LogP contribution in [0.1, 0.15) is 22.0 Å². The summed E-state index contributed by atoms with van der Waals surface area (Å²) in [6.07, 6.45) is 4.47. The number of hydrogen-bond donors (Lipinski definition) is 2. The maximum Gasteiger partial charge on any atom is 0.0931 e. The number of aryl methyl sites for hydroxylation is 1. The van der Waals surface area contributed by atoms with Gasteiger partial charge in [0.05, 0.1) is 10.4 Å². The maximum absolute atomic E-state index is 5.92. The number of pyridine rings is 1. The molecule has 0 amide bonds. The first-order chi connectivity index (χ1) is 8.20. The van der Waals surface area contributed by atoms with Gasteiger partial charge in [-0.15, -0.1) is 11.3 Å². The Kier molecular flexibility index (Phi) is 4.12. The normalized spacial score (nSPS) is 12.6. The van der Waals surface area contributed by atoms with Crippen LogP contribution in [0.15, 0.2) is 30.6 Å². The first-order valence-electron chi connectivity index (χ1n) is 5.31. The molecule has 0 aliphatic heterocycles. The molecule has 3 N–H and O–H groups in total. The Hall–Kier alpha value is -0.940. The molecule has 0 saturated carbocycles. The minimum atomic E-state index is 0.0905. The molecule has 90 valence electrons. The molecule has 2 rings (SSSR count). The van der Waals surface area contributed by atoms with E-state index in [0.717, 1.165) is 16.3 Å². The molecule has 0 fully saturated rings. The summed E-state index contributed by atoms with van der Waals surface area (Å²) < 4.78 is 0.808. The zero-order valence-corrected chi connectivity index (χ0v) is 11.1. The number of nitrogens with zero attached hydrogens (tertiary/aromatic N) is 1. The van der Waals surface area contributed by atoms with Crippen LogP contribution in [0.4, 0.5) is 0 Å². The van der Waals surface area contributed by atoms with E-state index in [0.29, 0.717) is 0 Å². The molecule has 1 atom stereocenters. The van der Waals surface area contributed by atoms with E-state index in [-0.39, 0.29) is 6.04 Å². The Morgan fingerprint density at radius 2 is 2.29 bits per heavy atom. The van der Waals surface area contributed by atoms with Crippen LogP contribution in [0.3, 0.4) is 0 Å². The third kappa shape index (κ3) is 3.04. The molecule has 2 aromatic rings. The lowest BCUT2D eigenvalue weighted by atomic mass is 10.0. The quantitative estimate of drug-likeness (QED) is 0.662. The van der Waals surface area contributed by atoms with Crippen molar-refractivity contribution in [1.29, 1.82) is 0 Å². The summed E-state index contributed by atoms with van der Waals surface area (Å²) in [5, 5.41) is 0. The lowest BCUT2D eigenvalue weighted by Gasteiger charge is -2.17. The summed E-state index contributed by atoms with van der Waals surface area (Å²) in [7, 11) is 0. The van der Waals surface area contributed by atoms with Gasteiger partial charge in [-0.3, -0.25) is 16.3 Å². The number of halogens is 1. The molecular weight excluding hydrogens is 254 g/mol. The fraction of sp³-hybridized carbons (Fsp3) is 0.250. The monoisotopic (exact) mass is 267 g/mol. The topological polar surface area (TPSA) is 50.9 Å². The van der Waals surface area contributed by atoms with E-state index in [9.17, 15) is 0 Å². The van der Waals surface area contributed by atoms with E-state index in [4.69, 9.17) is 17.4 Å². The molecule has 3 nitrogen and oxygen atoms in total. The molecule has 0 spiro atoms. The first kappa shape index (κ1) is 12.5. The van der Waals surface area contributed by atoms with Crippen molar-refractivity contribution >= 4 is 22.9 Å². The van der Waals surface area contributed by atoms with E-state index in [1.54, 1.807) is 17.5 Å². The van der Waals surface area contributed by atoms with E-state index in [2.05, 4.69) is 10.4 Å². The van der Waals surface area contributed by atoms with Crippen LogP contribution in [0.5, 0.6) is 0 Å². The summed E-state index contributed by atoms with van der Waals surface area (Å²) in [4.78, 5) is 5.30. The van der Waals surface area contributed by atoms with Crippen molar-refractivity contribution in [3.63, 3.8) is 0 Å². The zero-order valence-electron chi connectivity index (χ0n) is 9.48. The summed E-state index contributed by atoms with van der Waals surface area (Å²) >= 11 is 7.51. The van der Waals surface area contributed by atoms with Crippen molar-refractivity contribution in [2.24, 2.45) is 5.84 Å². The van der Waals surface area contributed by atoms with Gasteiger partial charge in [-0.25, -0.2) is 0 Å². The average molecular weight is 268 g/mol. The Morgan fingerprint density at radius 1 is 1.47 bits per heavy atom. The molecule has 2 heterocycles. The van der Waals surface area contributed by atoms with Gasteiger partial charge in [0.25, 0.3) is 0 Å². The summed E-state index contributed by atoms with van der Waals surface area (Å²) in [5.74, 6) is 5.63. The van der Waals surface area contributed by atoms with Gasteiger partial charge in [-0.2, -0.15) is 0 Å². The largest absolute Gasteiger partial charge is 0.271 e. The van der Waals surface area contributed by atoms with Gasteiger partial charge in [0.2, 0.25) is 0 Å². The molecule has 0 aliphatic rings. The number of hydrazine groups is 1. The van der Waals surface area contributed by atoms with Crippen molar-refractivity contribution in [2.45, 2.75) is 19.4 Å². The number of rotatable bonds is 4. The highest BCUT2D eigenvalue weighted by molar-refractivity contribution is 7.16. The van der Waals surface area contributed by atoms with E-state index in [1.165, 1.54) is 10.4 Å². The molecule has 0 radical (unpaired) electrons. The SMILES string of the molecule is Cc1cnccc1C(Cc1ccc(Cl)s1)NN. The van der Waals surface area contributed by atoms with Gasteiger partial charge in [-0.05, 0) is 36.2 Å². The van der Waals surface area contributed by atoms with Gasteiger partial charge in [0, 0.05) is 23.7 Å². The fourth-order valence-electron chi connectivity index (χ4n) is 1.80. The molecule has 0 aliphatic carbocycles. The highest BCUT2D eigenvalue weighted by Gasteiger charge is 2.13. The summed E-state index contributed by atoms with van der Waals surface area (Å²) in [6, 6.07) is 6.03. The van der Waals surface area contributed by atoms with Crippen molar-refractivity contribution in [1.82, 2.24) is 10.4 Å². The number of hydrogen-bond acceptors (Lipinski definition) is 4. The van der Waals surface area contributed by atoms with Crippen LogP contribution in [-0.2, 0) is 6.42 Å². The molecule has 1 unspecified atom stereocenters. The highest BCUT2D eigenvalue weighted by atomic mass is 35.5. The molecule has 17 heavy (non-hydrogen) atoms. The molecule has 0 bridgehead atoms.